The minimum atomic E-state index is -0.228. The summed E-state index contributed by atoms with van der Waals surface area (Å²) in [6.07, 6.45) is 1.57. The van der Waals surface area contributed by atoms with Crippen molar-refractivity contribution >= 4 is 5.91 Å². The molecule has 24 heavy (non-hydrogen) atoms. The molecular formula is C15H19N5O4. The average Bonchev–Trinajstić information content (AvgIpc) is 3.31. The van der Waals surface area contributed by atoms with Crippen LogP contribution >= 0.6 is 0 Å². The molecule has 1 atom stereocenters. The molecule has 2 aliphatic rings. The van der Waals surface area contributed by atoms with Crippen LogP contribution in [0.4, 0.5) is 0 Å². The summed E-state index contributed by atoms with van der Waals surface area (Å²) >= 11 is 0. The fourth-order valence-corrected chi connectivity index (χ4v) is 3.08. The average molecular weight is 333 g/mol. The third-order valence-corrected chi connectivity index (χ3v) is 4.41. The van der Waals surface area contributed by atoms with E-state index in [1.807, 2.05) is 0 Å². The highest BCUT2D eigenvalue weighted by molar-refractivity contribution is 5.90. The Hall–Kier alpha value is -2.42. The predicted molar refractivity (Wildman–Crippen MR) is 80.7 cm³/mol. The Morgan fingerprint density at radius 1 is 1.38 bits per heavy atom. The highest BCUT2D eigenvalue weighted by Crippen LogP contribution is 2.29. The van der Waals surface area contributed by atoms with Crippen molar-refractivity contribution < 1.29 is 18.7 Å². The Balaban J connectivity index is 1.51. The van der Waals surface area contributed by atoms with Crippen LogP contribution in [0.1, 0.15) is 40.3 Å². The number of methoxy groups -OCH3 is 1. The minimum absolute atomic E-state index is 0.130. The van der Waals surface area contributed by atoms with Crippen LogP contribution in [0.15, 0.2) is 4.42 Å². The lowest BCUT2D eigenvalue weighted by molar-refractivity contribution is 0.0715. The Morgan fingerprint density at radius 2 is 2.25 bits per heavy atom. The first-order valence-corrected chi connectivity index (χ1v) is 7.96. The maximum absolute atomic E-state index is 12.6. The van der Waals surface area contributed by atoms with Crippen LogP contribution in [0, 0.1) is 0 Å². The van der Waals surface area contributed by atoms with Gasteiger partial charge in [-0.1, -0.05) is 0 Å². The Kier molecular flexibility index (Phi) is 3.72. The van der Waals surface area contributed by atoms with Crippen molar-refractivity contribution in [2.45, 2.75) is 25.3 Å². The first-order chi connectivity index (χ1) is 11.7. The molecule has 1 amide bonds. The molecule has 1 saturated heterocycles. The molecule has 128 valence electrons. The number of rotatable bonds is 3. The van der Waals surface area contributed by atoms with E-state index < -0.39 is 0 Å². The van der Waals surface area contributed by atoms with Crippen LogP contribution in [-0.2, 0) is 24.8 Å². The maximum Gasteiger partial charge on any atom is 0.314 e. The third-order valence-electron chi connectivity index (χ3n) is 4.41. The SMILES string of the molecule is COc1nc(C(=O)N2CCc3oc(C4CCOC4)nc3C2)nn1C. The van der Waals surface area contributed by atoms with E-state index >= 15 is 0 Å². The number of hydrogen-bond donors (Lipinski definition) is 0. The van der Waals surface area contributed by atoms with Gasteiger partial charge >= 0.3 is 6.01 Å². The summed E-state index contributed by atoms with van der Waals surface area (Å²) in [6.45, 7) is 2.36. The van der Waals surface area contributed by atoms with Gasteiger partial charge in [0.2, 0.25) is 5.82 Å². The third kappa shape index (κ3) is 2.54. The number of fused-ring (bicyclic) bond motifs is 1. The molecule has 2 aromatic rings. The number of carbonyl (C=O) groups is 1. The topological polar surface area (TPSA) is 95.5 Å². The van der Waals surface area contributed by atoms with Crippen molar-refractivity contribution in [1.29, 1.82) is 0 Å². The Bertz CT molecular complexity index is 762. The van der Waals surface area contributed by atoms with Crippen molar-refractivity contribution in [2.24, 2.45) is 7.05 Å². The van der Waals surface area contributed by atoms with Crippen LogP contribution in [0.3, 0.4) is 0 Å². The van der Waals surface area contributed by atoms with E-state index in [4.69, 9.17) is 13.9 Å². The van der Waals surface area contributed by atoms with E-state index in [0.29, 0.717) is 32.1 Å². The molecule has 2 aromatic heterocycles. The molecule has 0 spiro atoms. The largest absolute Gasteiger partial charge is 0.467 e. The van der Waals surface area contributed by atoms with Gasteiger partial charge in [0.05, 0.1) is 26.2 Å². The summed E-state index contributed by atoms with van der Waals surface area (Å²) in [5.74, 6) is 1.72. The molecular weight excluding hydrogens is 314 g/mol. The molecule has 9 nitrogen and oxygen atoms in total. The molecule has 4 rings (SSSR count). The van der Waals surface area contributed by atoms with Gasteiger partial charge in [-0.25, -0.2) is 9.67 Å². The highest BCUT2D eigenvalue weighted by Gasteiger charge is 2.31. The number of nitrogens with zero attached hydrogens (tertiary/aromatic N) is 5. The lowest BCUT2D eigenvalue weighted by atomic mass is 10.1. The number of oxazole rings is 1. The monoisotopic (exact) mass is 333 g/mol. The zero-order chi connectivity index (χ0) is 16.7. The standard InChI is InChI=1S/C15H19N5O4/c1-19-15(22-2)17-12(18-19)14(21)20-5-3-11-10(7-20)16-13(24-11)9-4-6-23-8-9/h9H,3-8H2,1-2H3. The lowest BCUT2D eigenvalue weighted by Crippen LogP contribution is -2.36. The fourth-order valence-electron chi connectivity index (χ4n) is 3.08. The molecule has 0 bridgehead atoms. The van der Waals surface area contributed by atoms with Gasteiger partial charge in [0.25, 0.3) is 5.91 Å². The molecule has 1 fully saturated rings. The Labute approximate surface area is 138 Å². The number of ether oxygens (including phenoxy) is 2. The first kappa shape index (κ1) is 15.1. The van der Waals surface area contributed by atoms with Crippen LogP contribution in [0.5, 0.6) is 6.01 Å². The van der Waals surface area contributed by atoms with Gasteiger partial charge in [0.1, 0.15) is 11.5 Å². The lowest BCUT2D eigenvalue weighted by Gasteiger charge is -2.23. The molecule has 1 unspecified atom stereocenters. The first-order valence-electron chi connectivity index (χ1n) is 7.96. The zero-order valence-electron chi connectivity index (χ0n) is 13.7. The van der Waals surface area contributed by atoms with Crippen molar-refractivity contribution in [2.75, 3.05) is 26.9 Å². The molecule has 2 aliphatic heterocycles. The smallest absolute Gasteiger partial charge is 0.314 e. The molecule has 9 heteroatoms. The van der Waals surface area contributed by atoms with Gasteiger partial charge < -0.3 is 18.8 Å². The number of aryl methyl sites for hydroxylation is 1. The van der Waals surface area contributed by atoms with Gasteiger partial charge in [-0.2, -0.15) is 4.98 Å². The molecule has 0 radical (unpaired) electrons. The van der Waals surface area contributed by atoms with Crippen LogP contribution in [0.25, 0.3) is 0 Å². The predicted octanol–water partition coefficient (Wildman–Crippen LogP) is 0.514. The number of carbonyl (C=O) groups excluding carboxylic acids is 1. The van der Waals surface area contributed by atoms with E-state index in [-0.39, 0.29) is 17.6 Å². The van der Waals surface area contributed by atoms with E-state index in [2.05, 4.69) is 15.1 Å². The van der Waals surface area contributed by atoms with Gasteiger partial charge in [-0.3, -0.25) is 4.79 Å². The van der Waals surface area contributed by atoms with Crippen LogP contribution in [0.2, 0.25) is 0 Å². The van der Waals surface area contributed by atoms with Crippen molar-refractivity contribution in [3.63, 3.8) is 0 Å². The number of hydrogen-bond acceptors (Lipinski definition) is 7. The van der Waals surface area contributed by atoms with Gasteiger partial charge in [-0.15, -0.1) is 5.10 Å². The summed E-state index contributed by atoms with van der Waals surface area (Å²) in [7, 11) is 3.18. The van der Waals surface area contributed by atoms with Gasteiger partial charge in [0, 0.05) is 26.6 Å². The molecule has 0 aliphatic carbocycles. The van der Waals surface area contributed by atoms with E-state index in [1.165, 1.54) is 11.8 Å². The molecule has 4 heterocycles. The summed E-state index contributed by atoms with van der Waals surface area (Å²) in [5.41, 5.74) is 0.819. The molecule has 0 aromatic carbocycles. The maximum atomic E-state index is 12.6. The van der Waals surface area contributed by atoms with E-state index in [1.54, 1.807) is 11.9 Å². The highest BCUT2D eigenvalue weighted by atomic mass is 16.5. The second-order valence-corrected chi connectivity index (χ2v) is 6.00. The quantitative estimate of drug-likeness (QED) is 0.807. The van der Waals surface area contributed by atoms with Crippen LogP contribution in [-0.4, -0.2) is 57.4 Å². The van der Waals surface area contributed by atoms with Crippen LogP contribution < -0.4 is 4.74 Å². The fraction of sp³-hybridized carbons (Fsp3) is 0.600. The second kappa shape index (κ2) is 5.90. The van der Waals surface area contributed by atoms with Gasteiger partial charge in [0.15, 0.2) is 5.89 Å². The molecule has 0 N–H and O–H groups in total. The molecule has 0 saturated carbocycles. The van der Waals surface area contributed by atoms with Crippen molar-refractivity contribution in [1.82, 2.24) is 24.6 Å². The Morgan fingerprint density at radius 3 is 2.96 bits per heavy atom. The minimum Gasteiger partial charge on any atom is -0.467 e. The summed E-state index contributed by atoms with van der Waals surface area (Å²) < 4.78 is 17.8. The normalized spacial score (nSPS) is 20.2. The summed E-state index contributed by atoms with van der Waals surface area (Å²) in [6, 6.07) is 0.306. The van der Waals surface area contributed by atoms with Crippen molar-refractivity contribution in [3.05, 3.63) is 23.2 Å². The number of aromatic nitrogens is 4. The second-order valence-electron chi connectivity index (χ2n) is 6.00. The van der Waals surface area contributed by atoms with E-state index in [9.17, 15) is 4.79 Å². The zero-order valence-corrected chi connectivity index (χ0v) is 13.7. The van der Waals surface area contributed by atoms with E-state index in [0.717, 1.165) is 30.4 Å². The number of amides is 1. The summed E-state index contributed by atoms with van der Waals surface area (Å²) in [4.78, 5) is 23.0. The van der Waals surface area contributed by atoms with Gasteiger partial charge in [-0.05, 0) is 6.42 Å². The van der Waals surface area contributed by atoms with Crippen molar-refractivity contribution in [3.8, 4) is 6.01 Å². The summed E-state index contributed by atoms with van der Waals surface area (Å²) in [5, 5.41) is 4.11.